The fourth-order valence-electron chi connectivity index (χ4n) is 4.18. The molecule has 1 spiro atoms. The molecule has 3 aliphatic rings. The predicted molar refractivity (Wildman–Crippen MR) is 96.8 cm³/mol. The number of rotatable bonds is 3. The summed E-state index contributed by atoms with van der Waals surface area (Å²) in [5.41, 5.74) is 2.09. The van der Waals surface area contributed by atoms with E-state index < -0.39 is 0 Å². The number of nitrogens with zero attached hydrogens (tertiary/aromatic N) is 1. The summed E-state index contributed by atoms with van der Waals surface area (Å²) in [6.45, 7) is 6.79. The van der Waals surface area contributed by atoms with Crippen LogP contribution in [-0.4, -0.2) is 50.2 Å². The standard InChI is InChI=1S/C20H26N2O3/c1-2-24-17-5-3-4-15-12-16(13-25-18(15)17)19(23)22-10-7-20(8-11-22)6-9-21-14-20/h3-5,12,21H,2,6-11,13-14H2,1H3. The molecule has 1 aromatic carbocycles. The van der Waals surface area contributed by atoms with Crippen LogP contribution in [0.25, 0.3) is 6.08 Å². The molecule has 5 nitrogen and oxygen atoms in total. The van der Waals surface area contributed by atoms with Crippen LogP contribution in [0.15, 0.2) is 23.8 Å². The van der Waals surface area contributed by atoms with Gasteiger partial charge in [-0.05, 0) is 50.3 Å². The minimum atomic E-state index is 0.119. The smallest absolute Gasteiger partial charge is 0.253 e. The van der Waals surface area contributed by atoms with Crippen molar-refractivity contribution >= 4 is 12.0 Å². The Balaban J connectivity index is 1.47. The number of fused-ring (bicyclic) bond motifs is 1. The first-order valence-corrected chi connectivity index (χ1v) is 9.30. The number of para-hydroxylation sites is 1. The van der Waals surface area contributed by atoms with E-state index in [1.165, 1.54) is 6.42 Å². The van der Waals surface area contributed by atoms with Crippen LogP contribution in [0, 0.1) is 5.41 Å². The fraction of sp³-hybridized carbons (Fsp3) is 0.550. The van der Waals surface area contributed by atoms with Gasteiger partial charge in [0, 0.05) is 25.2 Å². The maximum atomic E-state index is 12.9. The van der Waals surface area contributed by atoms with Crippen LogP contribution in [0.3, 0.4) is 0 Å². The number of amides is 1. The summed E-state index contributed by atoms with van der Waals surface area (Å²) >= 11 is 0. The summed E-state index contributed by atoms with van der Waals surface area (Å²) < 4.78 is 11.5. The maximum Gasteiger partial charge on any atom is 0.253 e. The number of likely N-dealkylation sites (tertiary alicyclic amines) is 1. The van der Waals surface area contributed by atoms with Gasteiger partial charge in [-0.25, -0.2) is 0 Å². The first kappa shape index (κ1) is 16.5. The molecule has 0 aliphatic carbocycles. The quantitative estimate of drug-likeness (QED) is 0.917. The summed E-state index contributed by atoms with van der Waals surface area (Å²) in [6, 6.07) is 5.82. The van der Waals surface area contributed by atoms with Gasteiger partial charge in [-0.2, -0.15) is 0 Å². The Morgan fingerprint density at radius 2 is 2.16 bits per heavy atom. The van der Waals surface area contributed by atoms with Crippen molar-refractivity contribution in [2.75, 3.05) is 39.4 Å². The Bertz CT molecular complexity index is 682. The highest BCUT2D eigenvalue weighted by Crippen LogP contribution is 2.39. The van der Waals surface area contributed by atoms with Crippen LogP contribution in [0.4, 0.5) is 0 Å². The number of hydrogen-bond acceptors (Lipinski definition) is 4. The summed E-state index contributed by atoms with van der Waals surface area (Å²) in [5.74, 6) is 1.61. The molecule has 3 heterocycles. The van der Waals surface area contributed by atoms with Crippen LogP contribution < -0.4 is 14.8 Å². The van der Waals surface area contributed by atoms with Gasteiger partial charge in [-0.15, -0.1) is 0 Å². The number of piperidine rings is 1. The lowest BCUT2D eigenvalue weighted by Crippen LogP contribution is -2.45. The molecule has 5 heteroatoms. The number of nitrogens with one attached hydrogen (secondary N) is 1. The van der Waals surface area contributed by atoms with Crippen LogP contribution >= 0.6 is 0 Å². The molecule has 2 saturated heterocycles. The number of benzene rings is 1. The molecule has 0 saturated carbocycles. The number of ether oxygens (including phenoxy) is 2. The van der Waals surface area contributed by atoms with Crippen molar-refractivity contribution in [3.05, 3.63) is 29.3 Å². The maximum absolute atomic E-state index is 12.9. The van der Waals surface area contributed by atoms with E-state index in [9.17, 15) is 4.79 Å². The Kier molecular flexibility index (Phi) is 4.42. The Labute approximate surface area is 149 Å². The zero-order valence-corrected chi connectivity index (χ0v) is 14.8. The number of carbonyl (C=O) groups is 1. The van der Waals surface area contributed by atoms with Gasteiger partial charge >= 0.3 is 0 Å². The lowest BCUT2D eigenvalue weighted by molar-refractivity contribution is -0.129. The predicted octanol–water partition coefficient (Wildman–Crippen LogP) is 2.46. The van der Waals surface area contributed by atoms with E-state index in [0.717, 1.165) is 61.7 Å². The van der Waals surface area contributed by atoms with Crippen LogP contribution in [-0.2, 0) is 4.79 Å². The molecule has 1 amide bonds. The minimum absolute atomic E-state index is 0.119. The molecule has 0 unspecified atom stereocenters. The van der Waals surface area contributed by atoms with Crippen molar-refractivity contribution in [1.29, 1.82) is 0 Å². The highest BCUT2D eigenvalue weighted by Gasteiger charge is 2.38. The van der Waals surface area contributed by atoms with E-state index in [-0.39, 0.29) is 5.91 Å². The monoisotopic (exact) mass is 342 g/mol. The molecular weight excluding hydrogens is 316 g/mol. The van der Waals surface area contributed by atoms with E-state index in [4.69, 9.17) is 9.47 Å². The zero-order chi connectivity index (χ0) is 17.3. The second kappa shape index (κ2) is 6.71. The molecule has 2 fully saturated rings. The topological polar surface area (TPSA) is 50.8 Å². The first-order valence-electron chi connectivity index (χ1n) is 9.30. The first-order chi connectivity index (χ1) is 12.2. The minimum Gasteiger partial charge on any atom is -0.490 e. The van der Waals surface area contributed by atoms with Gasteiger partial charge in [-0.1, -0.05) is 12.1 Å². The zero-order valence-electron chi connectivity index (χ0n) is 14.8. The third-order valence-corrected chi connectivity index (χ3v) is 5.73. The molecule has 0 atom stereocenters. The molecule has 3 aliphatic heterocycles. The molecular formula is C20H26N2O3. The number of hydrogen-bond donors (Lipinski definition) is 1. The second-order valence-electron chi connectivity index (χ2n) is 7.28. The molecule has 134 valence electrons. The normalized spacial score (nSPS) is 21.5. The van der Waals surface area contributed by atoms with Crippen molar-refractivity contribution in [2.24, 2.45) is 5.41 Å². The lowest BCUT2D eigenvalue weighted by atomic mass is 9.77. The second-order valence-corrected chi connectivity index (χ2v) is 7.28. The third kappa shape index (κ3) is 3.13. The van der Waals surface area contributed by atoms with Crippen molar-refractivity contribution < 1.29 is 14.3 Å². The van der Waals surface area contributed by atoms with E-state index in [1.807, 2.05) is 36.1 Å². The molecule has 1 aromatic rings. The highest BCUT2D eigenvalue weighted by molar-refractivity contribution is 5.99. The van der Waals surface area contributed by atoms with Gasteiger partial charge in [0.1, 0.15) is 6.61 Å². The van der Waals surface area contributed by atoms with E-state index >= 15 is 0 Å². The van der Waals surface area contributed by atoms with Crippen LogP contribution in [0.1, 0.15) is 31.7 Å². The summed E-state index contributed by atoms with van der Waals surface area (Å²) in [6.07, 6.45) is 5.41. The molecule has 1 N–H and O–H groups in total. The van der Waals surface area contributed by atoms with E-state index in [1.54, 1.807) is 0 Å². The van der Waals surface area contributed by atoms with Gasteiger partial charge in [-0.3, -0.25) is 4.79 Å². The van der Waals surface area contributed by atoms with Gasteiger partial charge in [0.25, 0.3) is 5.91 Å². The van der Waals surface area contributed by atoms with Crippen molar-refractivity contribution in [3.63, 3.8) is 0 Å². The summed E-state index contributed by atoms with van der Waals surface area (Å²) in [5, 5.41) is 3.47. The van der Waals surface area contributed by atoms with Crippen molar-refractivity contribution in [3.8, 4) is 11.5 Å². The highest BCUT2D eigenvalue weighted by atomic mass is 16.5. The molecule has 25 heavy (non-hydrogen) atoms. The van der Waals surface area contributed by atoms with Crippen molar-refractivity contribution in [1.82, 2.24) is 10.2 Å². The molecule has 0 aromatic heterocycles. The SMILES string of the molecule is CCOc1cccc2c1OCC(C(=O)N1CCC3(CCNC3)CC1)=C2. The Morgan fingerprint density at radius 1 is 1.32 bits per heavy atom. The molecule has 4 rings (SSSR count). The van der Waals surface area contributed by atoms with E-state index in [2.05, 4.69) is 5.32 Å². The van der Waals surface area contributed by atoms with E-state index in [0.29, 0.717) is 18.6 Å². The average Bonchev–Trinajstić information content (AvgIpc) is 3.10. The largest absolute Gasteiger partial charge is 0.490 e. The van der Waals surface area contributed by atoms with Crippen LogP contribution in [0.5, 0.6) is 11.5 Å². The molecule has 0 bridgehead atoms. The van der Waals surface area contributed by atoms with Gasteiger partial charge in [0.05, 0.1) is 12.2 Å². The fourth-order valence-corrected chi connectivity index (χ4v) is 4.18. The summed E-state index contributed by atoms with van der Waals surface area (Å²) in [7, 11) is 0. The van der Waals surface area contributed by atoms with Gasteiger partial charge < -0.3 is 19.7 Å². The van der Waals surface area contributed by atoms with Gasteiger partial charge in [0.2, 0.25) is 0 Å². The summed E-state index contributed by atoms with van der Waals surface area (Å²) in [4.78, 5) is 14.9. The lowest BCUT2D eigenvalue weighted by Gasteiger charge is -2.39. The van der Waals surface area contributed by atoms with Crippen LogP contribution in [0.2, 0.25) is 0 Å². The average molecular weight is 342 g/mol. The van der Waals surface area contributed by atoms with Gasteiger partial charge in [0.15, 0.2) is 11.5 Å². The Morgan fingerprint density at radius 3 is 2.88 bits per heavy atom. The number of carbonyl (C=O) groups excluding carboxylic acids is 1. The third-order valence-electron chi connectivity index (χ3n) is 5.73. The molecule has 0 radical (unpaired) electrons. The Hall–Kier alpha value is -2.01. The van der Waals surface area contributed by atoms with Crippen molar-refractivity contribution in [2.45, 2.75) is 26.2 Å².